The van der Waals surface area contributed by atoms with Gasteiger partial charge in [-0.25, -0.2) is 9.07 Å². The van der Waals surface area contributed by atoms with Crippen LogP contribution in [-0.2, 0) is 0 Å². The second-order valence-corrected chi connectivity index (χ2v) is 4.72. The van der Waals surface area contributed by atoms with Crippen molar-refractivity contribution < 1.29 is 9.18 Å². The number of hydrogen-bond donors (Lipinski definition) is 2. The van der Waals surface area contributed by atoms with E-state index in [1.807, 2.05) is 7.05 Å². The Morgan fingerprint density at radius 1 is 1.32 bits per heavy atom. The lowest BCUT2D eigenvalue weighted by molar-refractivity contribution is 0.0952. The molecule has 1 aromatic carbocycles. The standard InChI is InChI=1S/C15H19FN4O.ClH/c1-11-12(15(21)18-9-5-8-17-2)10-19-20(11)14-7-4-3-6-13(14)16;/h3-4,6-7,10,17H,5,8-9H2,1-2H3,(H,18,21);1H. The van der Waals surface area contributed by atoms with Gasteiger partial charge in [-0.3, -0.25) is 4.79 Å². The van der Waals surface area contributed by atoms with Crippen molar-refractivity contribution in [3.8, 4) is 5.69 Å². The van der Waals surface area contributed by atoms with Gasteiger partial charge in [-0.1, -0.05) is 12.1 Å². The number of benzene rings is 1. The number of amides is 1. The molecular formula is C15H20ClFN4O. The summed E-state index contributed by atoms with van der Waals surface area (Å²) in [5, 5.41) is 9.96. The number of carbonyl (C=O) groups is 1. The number of hydrogen-bond acceptors (Lipinski definition) is 3. The van der Waals surface area contributed by atoms with E-state index in [4.69, 9.17) is 0 Å². The maximum Gasteiger partial charge on any atom is 0.254 e. The molecule has 2 N–H and O–H groups in total. The topological polar surface area (TPSA) is 58.9 Å². The maximum absolute atomic E-state index is 13.8. The Morgan fingerprint density at radius 3 is 2.73 bits per heavy atom. The number of halogens is 2. The van der Waals surface area contributed by atoms with Crippen LogP contribution in [0.2, 0.25) is 0 Å². The Balaban J connectivity index is 0.00000242. The first-order valence-electron chi connectivity index (χ1n) is 6.87. The van der Waals surface area contributed by atoms with Crippen LogP contribution in [0.4, 0.5) is 4.39 Å². The number of nitrogens with zero attached hydrogens (tertiary/aromatic N) is 2. The quantitative estimate of drug-likeness (QED) is 0.799. The van der Waals surface area contributed by atoms with E-state index in [1.54, 1.807) is 25.1 Å². The van der Waals surface area contributed by atoms with Gasteiger partial charge < -0.3 is 10.6 Å². The molecule has 7 heteroatoms. The average Bonchev–Trinajstić information content (AvgIpc) is 2.86. The van der Waals surface area contributed by atoms with E-state index in [0.717, 1.165) is 13.0 Å². The number of aromatic nitrogens is 2. The summed E-state index contributed by atoms with van der Waals surface area (Å²) < 4.78 is 15.2. The molecule has 120 valence electrons. The second kappa shape index (κ2) is 8.51. The average molecular weight is 327 g/mol. The summed E-state index contributed by atoms with van der Waals surface area (Å²) in [5.74, 6) is -0.559. The smallest absolute Gasteiger partial charge is 0.254 e. The first-order chi connectivity index (χ1) is 10.1. The molecule has 2 aromatic rings. The summed E-state index contributed by atoms with van der Waals surface area (Å²) in [6.07, 6.45) is 2.32. The fourth-order valence-corrected chi connectivity index (χ4v) is 2.06. The number of nitrogens with one attached hydrogen (secondary N) is 2. The highest BCUT2D eigenvalue weighted by Gasteiger charge is 2.16. The molecule has 0 atom stereocenters. The molecule has 1 amide bonds. The molecule has 5 nitrogen and oxygen atoms in total. The normalized spacial score (nSPS) is 10.1. The van der Waals surface area contributed by atoms with E-state index >= 15 is 0 Å². The minimum Gasteiger partial charge on any atom is -0.352 e. The van der Waals surface area contributed by atoms with Crippen molar-refractivity contribution in [2.45, 2.75) is 13.3 Å². The molecule has 0 saturated heterocycles. The van der Waals surface area contributed by atoms with Gasteiger partial charge in [0.1, 0.15) is 11.5 Å². The van der Waals surface area contributed by atoms with Gasteiger partial charge in [-0.05, 0) is 39.1 Å². The largest absolute Gasteiger partial charge is 0.352 e. The van der Waals surface area contributed by atoms with Crippen molar-refractivity contribution >= 4 is 18.3 Å². The molecule has 0 bridgehead atoms. The predicted octanol–water partition coefficient (Wildman–Crippen LogP) is 2.08. The summed E-state index contributed by atoms with van der Waals surface area (Å²) in [5.41, 5.74) is 1.41. The molecule has 0 spiro atoms. The van der Waals surface area contributed by atoms with E-state index in [0.29, 0.717) is 23.5 Å². The molecular weight excluding hydrogens is 307 g/mol. The zero-order valence-electron chi connectivity index (χ0n) is 12.6. The van der Waals surface area contributed by atoms with Crippen molar-refractivity contribution in [1.82, 2.24) is 20.4 Å². The summed E-state index contributed by atoms with van der Waals surface area (Å²) in [7, 11) is 1.87. The summed E-state index contributed by atoms with van der Waals surface area (Å²) >= 11 is 0. The lowest BCUT2D eigenvalue weighted by Gasteiger charge is -2.07. The minimum absolute atomic E-state index is 0. The molecule has 0 unspecified atom stereocenters. The summed E-state index contributed by atoms with van der Waals surface area (Å²) in [6.45, 7) is 3.18. The van der Waals surface area contributed by atoms with E-state index in [9.17, 15) is 9.18 Å². The van der Waals surface area contributed by atoms with Crippen LogP contribution in [0, 0.1) is 12.7 Å². The predicted molar refractivity (Wildman–Crippen MR) is 86.4 cm³/mol. The SMILES string of the molecule is CNCCCNC(=O)c1cnn(-c2ccccc2F)c1C.Cl. The van der Waals surface area contributed by atoms with Crippen molar-refractivity contribution in [2.75, 3.05) is 20.1 Å². The Bertz CT molecular complexity index is 630. The molecule has 0 aliphatic carbocycles. The molecule has 0 saturated carbocycles. The van der Waals surface area contributed by atoms with E-state index < -0.39 is 0 Å². The molecule has 0 fully saturated rings. The van der Waals surface area contributed by atoms with Crippen molar-refractivity contribution in [1.29, 1.82) is 0 Å². The molecule has 1 heterocycles. The van der Waals surface area contributed by atoms with Gasteiger partial charge in [0.2, 0.25) is 0 Å². The van der Waals surface area contributed by atoms with Crippen molar-refractivity contribution in [2.24, 2.45) is 0 Å². The van der Waals surface area contributed by atoms with Crippen LogP contribution in [0.5, 0.6) is 0 Å². The van der Waals surface area contributed by atoms with Crippen LogP contribution >= 0.6 is 12.4 Å². The van der Waals surface area contributed by atoms with Gasteiger partial charge in [0, 0.05) is 6.54 Å². The van der Waals surface area contributed by atoms with Gasteiger partial charge in [0.05, 0.1) is 17.5 Å². The summed E-state index contributed by atoms with van der Waals surface area (Å²) in [6, 6.07) is 6.35. The van der Waals surface area contributed by atoms with Crippen LogP contribution in [0.15, 0.2) is 30.5 Å². The van der Waals surface area contributed by atoms with Crippen molar-refractivity contribution in [3.05, 3.63) is 47.5 Å². The van der Waals surface area contributed by atoms with Gasteiger partial charge in [-0.2, -0.15) is 5.10 Å². The number of carbonyl (C=O) groups excluding carboxylic acids is 1. The molecule has 0 aliphatic rings. The monoisotopic (exact) mass is 326 g/mol. The highest BCUT2D eigenvalue weighted by molar-refractivity contribution is 5.95. The van der Waals surface area contributed by atoms with E-state index in [-0.39, 0.29) is 24.1 Å². The third-order valence-corrected chi connectivity index (χ3v) is 3.22. The Kier molecular flexibility index (Phi) is 7.01. The van der Waals surface area contributed by atoms with Crippen LogP contribution in [0.3, 0.4) is 0 Å². The van der Waals surface area contributed by atoms with Gasteiger partial charge >= 0.3 is 0 Å². The first-order valence-corrected chi connectivity index (χ1v) is 6.87. The highest BCUT2D eigenvalue weighted by Crippen LogP contribution is 2.16. The van der Waals surface area contributed by atoms with Crippen LogP contribution in [-0.4, -0.2) is 35.8 Å². The molecule has 1 aromatic heterocycles. The second-order valence-electron chi connectivity index (χ2n) is 4.72. The lowest BCUT2D eigenvalue weighted by Crippen LogP contribution is -2.27. The highest BCUT2D eigenvalue weighted by atomic mass is 35.5. The fraction of sp³-hybridized carbons (Fsp3) is 0.333. The molecule has 0 radical (unpaired) electrons. The van der Waals surface area contributed by atoms with E-state index in [1.165, 1.54) is 16.9 Å². The molecule has 22 heavy (non-hydrogen) atoms. The summed E-state index contributed by atoms with van der Waals surface area (Å²) in [4.78, 5) is 12.1. The third-order valence-electron chi connectivity index (χ3n) is 3.22. The molecule has 0 aliphatic heterocycles. The Morgan fingerprint density at radius 2 is 2.05 bits per heavy atom. The first kappa shape index (κ1) is 18.1. The number of rotatable bonds is 6. The van der Waals surface area contributed by atoms with Gasteiger partial charge in [0.25, 0.3) is 5.91 Å². The minimum atomic E-state index is -0.371. The van der Waals surface area contributed by atoms with Gasteiger partial charge in [-0.15, -0.1) is 12.4 Å². The lowest BCUT2D eigenvalue weighted by atomic mass is 10.2. The Hall–Kier alpha value is -1.92. The third kappa shape index (κ3) is 4.05. The zero-order chi connectivity index (χ0) is 15.2. The van der Waals surface area contributed by atoms with Gasteiger partial charge in [0.15, 0.2) is 0 Å². The van der Waals surface area contributed by atoms with E-state index in [2.05, 4.69) is 15.7 Å². The Labute approximate surface area is 135 Å². The van der Waals surface area contributed by atoms with Crippen LogP contribution in [0.1, 0.15) is 22.5 Å². The zero-order valence-corrected chi connectivity index (χ0v) is 13.4. The molecule has 2 rings (SSSR count). The van der Waals surface area contributed by atoms with Crippen LogP contribution in [0.25, 0.3) is 5.69 Å². The number of para-hydroxylation sites is 1. The van der Waals surface area contributed by atoms with Crippen molar-refractivity contribution in [3.63, 3.8) is 0 Å². The fourth-order valence-electron chi connectivity index (χ4n) is 2.06. The maximum atomic E-state index is 13.8. The van der Waals surface area contributed by atoms with Crippen LogP contribution < -0.4 is 10.6 Å².